The molecule has 1 N–H and O–H groups in total. The van der Waals surface area contributed by atoms with Crippen molar-refractivity contribution >= 4 is 57.3 Å². The molecule has 1 aliphatic rings. The Balaban J connectivity index is 1.74. The quantitative estimate of drug-likeness (QED) is 0.674. The maximum atomic E-state index is 13.2. The summed E-state index contributed by atoms with van der Waals surface area (Å²) in [5.41, 5.74) is 1.05. The van der Waals surface area contributed by atoms with E-state index in [0.717, 1.165) is 0 Å². The topological polar surface area (TPSA) is 84.3 Å². The molecule has 0 unspecified atom stereocenters. The molecule has 29 heavy (non-hydrogen) atoms. The van der Waals surface area contributed by atoms with E-state index in [0.29, 0.717) is 21.9 Å². The van der Waals surface area contributed by atoms with E-state index in [1.165, 1.54) is 27.9 Å². The highest BCUT2D eigenvalue weighted by atomic mass is 35.5. The second-order valence-corrected chi connectivity index (χ2v) is 7.69. The number of anilines is 2. The minimum atomic E-state index is -0.419. The lowest BCUT2D eigenvalue weighted by atomic mass is 10.1. The first-order chi connectivity index (χ1) is 13.8. The van der Waals surface area contributed by atoms with Gasteiger partial charge in [-0.25, -0.2) is 4.98 Å². The maximum absolute atomic E-state index is 13.2. The zero-order valence-corrected chi connectivity index (χ0v) is 16.9. The van der Waals surface area contributed by atoms with Crippen molar-refractivity contribution in [2.45, 2.75) is 25.9 Å². The van der Waals surface area contributed by atoms with Gasteiger partial charge in [-0.3, -0.25) is 19.0 Å². The third-order valence-electron chi connectivity index (χ3n) is 4.78. The van der Waals surface area contributed by atoms with Crippen LogP contribution in [0.2, 0.25) is 10.0 Å². The van der Waals surface area contributed by atoms with E-state index in [1.807, 2.05) is 0 Å². The molecule has 0 radical (unpaired) electrons. The van der Waals surface area contributed by atoms with Crippen LogP contribution in [0.5, 0.6) is 0 Å². The molecule has 2 amide bonds. The van der Waals surface area contributed by atoms with E-state index in [1.54, 1.807) is 31.2 Å². The van der Waals surface area contributed by atoms with Gasteiger partial charge >= 0.3 is 0 Å². The SMILES string of the molecule is C[C@@H]1CC(=O)Nc2ccccc2N1C(=O)Cn1cnc2c(Cl)cc(Cl)cc2c1=O. The zero-order valence-electron chi connectivity index (χ0n) is 15.4. The number of hydrogen-bond donors (Lipinski definition) is 1. The number of amides is 2. The predicted octanol–water partition coefficient (Wildman–Crippen LogP) is 3.47. The van der Waals surface area contributed by atoms with E-state index in [-0.39, 0.29) is 41.2 Å². The third kappa shape index (κ3) is 3.59. The maximum Gasteiger partial charge on any atom is 0.261 e. The van der Waals surface area contributed by atoms with Crippen LogP contribution in [0, 0.1) is 0 Å². The molecule has 0 saturated heterocycles. The number of aromatic nitrogens is 2. The fourth-order valence-electron chi connectivity index (χ4n) is 3.50. The number of nitrogens with one attached hydrogen (secondary N) is 1. The monoisotopic (exact) mass is 430 g/mol. The van der Waals surface area contributed by atoms with Crippen molar-refractivity contribution in [3.63, 3.8) is 0 Å². The van der Waals surface area contributed by atoms with Gasteiger partial charge in [0.1, 0.15) is 6.54 Å². The molecular formula is C20H16Cl2N4O3. The molecule has 2 heterocycles. The van der Waals surface area contributed by atoms with Crippen LogP contribution in [0.1, 0.15) is 13.3 Å². The zero-order chi connectivity index (χ0) is 20.7. The Labute approximate surface area is 175 Å². The van der Waals surface area contributed by atoms with Gasteiger partial charge in [-0.2, -0.15) is 0 Å². The molecule has 148 valence electrons. The Kier molecular flexibility index (Phi) is 5.02. The molecule has 1 atom stereocenters. The summed E-state index contributed by atoms with van der Waals surface area (Å²) in [4.78, 5) is 43.9. The Morgan fingerprint density at radius 2 is 2.00 bits per heavy atom. The molecule has 0 saturated carbocycles. The molecule has 0 spiro atoms. The van der Waals surface area contributed by atoms with Crippen molar-refractivity contribution in [3.05, 3.63) is 63.1 Å². The Morgan fingerprint density at radius 1 is 1.24 bits per heavy atom. The van der Waals surface area contributed by atoms with Crippen molar-refractivity contribution in [2.75, 3.05) is 10.2 Å². The van der Waals surface area contributed by atoms with Gasteiger partial charge in [0.05, 0.1) is 33.6 Å². The van der Waals surface area contributed by atoms with Gasteiger partial charge in [0.15, 0.2) is 0 Å². The van der Waals surface area contributed by atoms with E-state index in [9.17, 15) is 14.4 Å². The Bertz CT molecular complexity index is 1210. The average Bonchev–Trinajstić information content (AvgIpc) is 2.78. The summed E-state index contributed by atoms with van der Waals surface area (Å²) in [7, 11) is 0. The summed E-state index contributed by atoms with van der Waals surface area (Å²) >= 11 is 12.1. The fourth-order valence-corrected chi connectivity index (χ4v) is 4.04. The fraction of sp³-hybridized carbons (Fsp3) is 0.200. The standard InChI is InChI=1S/C20H16Cl2N4O3/c1-11-6-17(27)24-15-4-2-3-5-16(15)26(11)18(28)9-25-10-23-19-13(20(25)29)7-12(21)8-14(19)22/h2-5,7-8,10-11H,6,9H2,1H3,(H,24,27)/t11-/m1/s1. The van der Waals surface area contributed by atoms with E-state index >= 15 is 0 Å². The van der Waals surface area contributed by atoms with Crippen molar-refractivity contribution in [2.24, 2.45) is 0 Å². The Morgan fingerprint density at radius 3 is 2.79 bits per heavy atom. The molecule has 0 fully saturated rings. The summed E-state index contributed by atoms with van der Waals surface area (Å²) in [5, 5.41) is 3.62. The molecule has 7 nitrogen and oxygen atoms in total. The van der Waals surface area contributed by atoms with Crippen LogP contribution < -0.4 is 15.8 Å². The second kappa shape index (κ2) is 7.50. The van der Waals surface area contributed by atoms with Crippen molar-refractivity contribution in [1.82, 2.24) is 9.55 Å². The van der Waals surface area contributed by atoms with Crippen LogP contribution in [0.15, 0.2) is 47.5 Å². The number of hydrogen-bond acceptors (Lipinski definition) is 4. The first kappa shape index (κ1) is 19.4. The molecule has 2 aromatic carbocycles. The molecule has 0 aliphatic carbocycles. The van der Waals surface area contributed by atoms with Gasteiger partial charge in [-0.05, 0) is 31.2 Å². The lowest BCUT2D eigenvalue weighted by molar-refractivity contribution is -0.120. The van der Waals surface area contributed by atoms with Gasteiger partial charge in [0, 0.05) is 17.5 Å². The molecule has 0 bridgehead atoms. The molecule has 1 aromatic heterocycles. The smallest absolute Gasteiger partial charge is 0.261 e. The van der Waals surface area contributed by atoms with E-state index in [2.05, 4.69) is 10.3 Å². The minimum absolute atomic E-state index is 0.149. The van der Waals surface area contributed by atoms with Crippen molar-refractivity contribution < 1.29 is 9.59 Å². The summed E-state index contributed by atoms with van der Waals surface area (Å²) in [5.74, 6) is -0.508. The van der Waals surface area contributed by atoms with Gasteiger partial charge < -0.3 is 10.2 Å². The normalized spacial score (nSPS) is 16.3. The van der Waals surface area contributed by atoms with E-state index in [4.69, 9.17) is 23.2 Å². The average molecular weight is 431 g/mol. The highest BCUT2D eigenvalue weighted by Crippen LogP contribution is 2.31. The van der Waals surface area contributed by atoms with Crippen LogP contribution in [0.4, 0.5) is 11.4 Å². The van der Waals surface area contributed by atoms with Gasteiger partial charge in [0.2, 0.25) is 11.8 Å². The number of halogens is 2. The van der Waals surface area contributed by atoms with Crippen LogP contribution in [-0.2, 0) is 16.1 Å². The molecule has 4 rings (SSSR count). The van der Waals surface area contributed by atoms with Crippen LogP contribution in [0.3, 0.4) is 0 Å². The highest BCUT2D eigenvalue weighted by molar-refractivity contribution is 6.38. The number of nitrogens with zero attached hydrogens (tertiary/aromatic N) is 3. The first-order valence-corrected chi connectivity index (χ1v) is 9.66. The molecule has 1 aliphatic heterocycles. The molecule has 3 aromatic rings. The number of benzene rings is 2. The minimum Gasteiger partial charge on any atom is -0.324 e. The van der Waals surface area contributed by atoms with Gasteiger partial charge in [-0.15, -0.1) is 0 Å². The lowest BCUT2D eigenvalue weighted by Crippen LogP contribution is -2.42. The van der Waals surface area contributed by atoms with Crippen LogP contribution >= 0.6 is 23.2 Å². The largest absolute Gasteiger partial charge is 0.324 e. The highest BCUT2D eigenvalue weighted by Gasteiger charge is 2.29. The summed E-state index contributed by atoms with van der Waals surface area (Å²) < 4.78 is 1.22. The van der Waals surface area contributed by atoms with Crippen molar-refractivity contribution in [3.8, 4) is 0 Å². The second-order valence-electron chi connectivity index (χ2n) is 6.84. The number of carbonyl (C=O) groups excluding carboxylic acids is 2. The molecular weight excluding hydrogens is 415 g/mol. The lowest BCUT2D eigenvalue weighted by Gasteiger charge is -2.28. The van der Waals surface area contributed by atoms with Gasteiger partial charge in [-0.1, -0.05) is 35.3 Å². The number of fused-ring (bicyclic) bond motifs is 2. The summed E-state index contributed by atoms with van der Waals surface area (Å²) in [6.45, 7) is 1.55. The summed E-state index contributed by atoms with van der Waals surface area (Å²) in [6, 6.07) is 9.67. The number of para-hydroxylation sites is 2. The first-order valence-electron chi connectivity index (χ1n) is 8.90. The summed E-state index contributed by atoms with van der Waals surface area (Å²) in [6.07, 6.45) is 1.44. The predicted molar refractivity (Wildman–Crippen MR) is 113 cm³/mol. The van der Waals surface area contributed by atoms with Crippen LogP contribution in [-0.4, -0.2) is 27.4 Å². The number of rotatable bonds is 2. The number of carbonyl (C=O) groups is 2. The van der Waals surface area contributed by atoms with Crippen molar-refractivity contribution in [1.29, 1.82) is 0 Å². The van der Waals surface area contributed by atoms with E-state index < -0.39 is 5.56 Å². The van der Waals surface area contributed by atoms with Gasteiger partial charge in [0.25, 0.3) is 5.56 Å². The van der Waals surface area contributed by atoms with Crippen LogP contribution in [0.25, 0.3) is 10.9 Å². The Hall–Kier alpha value is -2.90. The molecule has 9 heteroatoms. The third-order valence-corrected chi connectivity index (χ3v) is 5.29.